The molecule has 0 aromatic carbocycles. The number of rotatable bonds is 5. The van der Waals surface area contributed by atoms with Crippen molar-refractivity contribution in [3.05, 3.63) is 53.2 Å². The normalized spacial score (nSPS) is 21.9. The second-order valence-corrected chi connectivity index (χ2v) is 7.39. The van der Waals surface area contributed by atoms with Crippen LogP contribution in [-0.4, -0.2) is 16.5 Å². The van der Waals surface area contributed by atoms with Crippen molar-refractivity contribution >= 4 is 5.95 Å². The highest BCUT2D eigenvalue weighted by atomic mass is 19.1. The topological polar surface area (TPSA) is 49.8 Å². The van der Waals surface area contributed by atoms with Gasteiger partial charge < -0.3 is 10.6 Å². The van der Waals surface area contributed by atoms with E-state index in [1.165, 1.54) is 12.8 Å². The van der Waals surface area contributed by atoms with Gasteiger partial charge in [-0.2, -0.15) is 0 Å². The summed E-state index contributed by atoms with van der Waals surface area (Å²) in [5.41, 5.74) is 0.924. The third-order valence-electron chi connectivity index (χ3n) is 4.83. The molecule has 2 N–H and O–H groups in total. The maximum atomic E-state index is 14.9. The SMILES string of the molecule is CC.CCCC(C)(F)c1cnc(N\C2=C(C)/C=C\C=C/CCCCCN2)nc1C.[HH]. The fourth-order valence-electron chi connectivity index (χ4n) is 3.27. The van der Waals surface area contributed by atoms with Crippen LogP contribution in [0.1, 0.15) is 85.8 Å². The highest BCUT2D eigenvalue weighted by Gasteiger charge is 2.27. The number of alkyl halides is 1. The van der Waals surface area contributed by atoms with Crippen molar-refractivity contribution in [2.24, 2.45) is 0 Å². The van der Waals surface area contributed by atoms with E-state index in [9.17, 15) is 4.39 Å². The van der Waals surface area contributed by atoms with Crippen molar-refractivity contribution in [1.29, 1.82) is 0 Å². The van der Waals surface area contributed by atoms with Crippen molar-refractivity contribution in [2.45, 2.75) is 85.7 Å². The van der Waals surface area contributed by atoms with Gasteiger partial charge in [0.25, 0.3) is 0 Å². The molecule has 0 radical (unpaired) electrons. The first-order valence-corrected chi connectivity index (χ1v) is 11.0. The molecular formula is C24H41FN4. The second-order valence-electron chi connectivity index (χ2n) is 7.39. The van der Waals surface area contributed by atoms with Crippen LogP contribution in [-0.2, 0) is 5.67 Å². The van der Waals surface area contributed by atoms with Gasteiger partial charge in [-0.15, -0.1) is 0 Å². The van der Waals surface area contributed by atoms with Crippen LogP contribution in [0.2, 0.25) is 0 Å². The monoisotopic (exact) mass is 404 g/mol. The van der Waals surface area contributed by atoms with Crippen LogP contribution in [0.4, 0.5) is 10.3 Å². The molecule has 5 heteroatoms. The Morgan fingerprint density at radius 2 is 1.97 bits per heavy atom. The zero-order valence-electron chi connectivity index (χ0n) is 19.1. The zero-order chi connectivity index (χ0) is 21.7. The van der Waals surface area contributed by atoms with Crippen LogP contribution >= 0.6 is 0 Å². The molecule has 2 heterocycles. The minimum absolute atomic E-state index is 0. The minimum atomic E-state index is -1.40. The van der Waals surface area contributed by atoms with Gasteiger partial charge in [0.1, 0.15) is 11.5 Å². The van der Waals surface area contributed by atoms with Crippen molar-refractivity contribution < 1.29 is 5.82 Å². The maximum Gasteiger partial charge on any atom is 0.228 e. The molecule has 0 fully saturated rings. The van der Waals surface area contributed by atoms with Crippen LogP contribution in [0.5, 0.6) is 0 Å². The first-order valence-electron chi connectivity index (χ1n) is 11.0. The summed E-state index contributed by atoms with van der Waals surface area (Å²) in [6.45, 7) is 12.4. The van der Waals surface area contributed by atoms with E-state index in [2.05, 4.69) is 44.9 Å². The van der Waals surface area contributed by atoms with E-state index in [-0.39, 0.29) is 1.43 Å². The summed E-state index contributed by atoms with van der Waals surface area (Å²) in [7, 11) is 0. The maximum absolute atomic E-state index is 14.9. The lowest BCUT2D eigenvalue weighted by atomic mass is 9.93. The highest BCUT2D eigenvalue weighted by Crippen LogP contribution is 2.32. The van der Waals surface area contributed by atoms with E-state index in [0.717, 1.165) is 37.2 Å². The molecule has 1 aliphatic heterocycles. The molecule has 0 amide bonds. The summed E-state index contributed by atoms with van der Waals surface area (Å²) in [4.78, 5) is 8.88. The van der Waals surface area contributed by atoms with Gasteiger partial charge in [-0.3, -0.25) is 0 Å². The number of allylic oxidation sites excluding steroid dienone is 5. The minimum Gasteiger partial charge on any atom is -0.371 e. The predicted molar refractivity (Wildman–Crippen MR) is 125 cm³/mol. The second kappa shape index (κ2) is 13.1. The van der Waals surface area contributed by atoms with Crippen LogP contribution in [0.15, 0.2) is 41.9 Å². The van der Waals surface area contributed by atoms with Gasteiger partial charge in [-0.1, -0.05) is 57.9 Å². The molecule has 1 aromatic heterocycles. The Bertz CT molecular complexity index is 711. The average Bonchev–Trinajstić information content (AvgIpc) is 2.68. The summed E-state index contributed by atoms with van der Waals surface area (Å²) in [6, 6.07) is 0. The van der Waals surface area contributed by atoms with Crippen molar-refractivity contribution in [1.82, 2.24) is 15.3 Å². The molecule has 2 rings (SSSR count). The average molecular weight is 405 g/mol. The Labute approximate surface area is 178 Å². The number of hydrogen-bond donors (Lipinski definition) is 2. The standard InChI is InChI=1S/C22H33FN4.C2H6.H2/c1-5-14-22(4,23)19-16-25-21(26-18(19)3)27-20-17(2)13-11-9-7-6-8-10-12-15-24-20;1-2;/h7,9,11,13,16,24H,5-6,8,10,12,14-15H2,1-4H3,(H,25,26,27);1-2H3;1H/b9-7-,13-11-,20-17-;;. The Hall–Kier alpha value is -2.17. The molecule has 0 saturated carbocycles. The third kappa shape index (κ3) is 8.38. The van der Waals surface area contributed by atoms with Crippen LogP contribution in [0.3, 0.4) is 0 Å². The Morgan fingerprint density at radius 1 is 1.21 bits per heavy atom. The first-order chi connectivity index (χ1) is 13.9. The number of hydrogen-bond acceptors (Lipinski definition) is 4. The number of halogens is 1. The number of nitrogens with one attached hydrogen (secondary N) is 2. The van der Waals surface area contributed by atoms with Gasteiger partial charge in [0.05, 0.1) is 0 Å². The van der Waals surface area contributed by atoms with Crippen molar-refractivity contribution in [3.8, 4) is 0 Å². The van der Waals surface area contributed by atoms with Gasteiger partial charge in [0.2, 0.25) is 5.95 Å². The van der Waals surface area contributed by atoms with Gasteiger partial charge in [-0.05, 0) is 52.0 Å². The molecule has 1 unspecified atom stereocenters. The van der Waals surface area contributed by atoms with Gasteiger partial charge in [0, 0.05) is 25.4 Å². The van der Waals surface area contributed by atoms with Crippen molar-refractivity contribution in [2.75, 3.05) is 11.9 Å². The molecule has 164 valence electrons. The van der Waals surface area contributed by atoms with Crippen LogP contribution in [0.25, 0.3) is 0 Å². The van der Waals surface area contributed by atoms with Crippen LogP contribution < -0.4 is 10.6 Å². The molecule has 0 aliphatic carbocycles. The van der Waals surface area contributed by atoms with E-state index >= 15 is 0 Å². The molecular weight excluding hydrogens is 363 g/mol. The molecule has 1 aliphatic rings. The summed E-state index contributed by atoms with van der Waals surface area (Å²) in [5.74, 6) is 1.38. The number of nitrogens with zero attached hydrogens (tertiary/aromatic N) is 2. The van der Waals surface area contributed by atoms with Gasteiger partial charge in [0.15, 0.2) is 0 Å². The molecule has 4 nitrogen and oxygen atoms in total. The fraction of sp³-hybridized carbons (Fsp3) is 0.583. The van der Waals surface area contributed by atoms with Gasteiger partial charge >= 0.3 is 0 Å². The molecule has 0 bridgehead atoms. The van der Waals surface area contributed by atoms with Crippen molar-refractivity contribution in [3.63, 3.8) is 0 Å². The number of aromatic nitrogens is 2. The first kappa shape index (κ1) is 24.9. The van der Waals surface area contributed by atoms with E-state index in [1.807, 2.05) is 34.6 Å². The largest absolute Gasteiger partial charge is 0.371 e. The van der Waals surface area contributed by atoms with Gasteiger partial charge in [-0.25, -0.2) is 14.4 Å². The Kier molecular flexibility index (Phi) is 11.3. The lowest BCUT2D eigenvalue weighted by molar-refractivity contribution is 0.173. The molecule has 1 aromatic rings. The highest BCUT2D eigenvalue weighted by molar-refractivity contribution is 5.41. The quantitative estimate of drug-likeness (QED) is 0.557. The lowest BCUT2D eigenvalue weighted by Crippen LogP contribution is -2.24. The summed E-state index contributed by atoms with van der Waals surface area (Å²) in [5, 5.41) is 6.74. The van der Waals surface area contributed by atoms with E-state index in [1.54, 1.807) is 13.1 Å². The molecule has 0 spiro atoms. The summed E-state index contributed by atoms with van der Waals surface area (Å²) in [6.07, 6.45) is 15.9. The molecule has 1 atom stereocenters. The van der Waals surface area contributed by atoms with E-state index in [0.29, 0.717) is 23.6 Å². The smallest absolute Gasteiger partial charge is 0.228 e. The summed E-state index contributed by atoms with van der Waals surface area (Å²) < 4.78 is 14.9. The van der Waals surface area contributed by atoms with E-state index in [4.69, 9.17) is 0 Å². The summed E-state index contributed by atoms with van der Waals surface area (Å²) >= 11 is 0. The Morgan fingerprint density at radius 3 is 2.66 bits per heavy atom. The lowest BCUT2D eigenvalue weighted by Gasteiger charge is -2.22. The van der Waals surface area contributed by atoms with Crippen LogP contribution in [0, 0.1) is 6.92 Å². The number of anilines is 1. The number of aryl methyl sites for hydroxylation is 1. The predicted octanol–water partition coefficient (Wildman–Crippen LogP) is 6.96. The fourth-order valence-corrected chi connectivity index (χ4v) is 3.27. The molecule has 0 saturated heterocycles. The zero-order valence-corrected chi connectivity index (χ0v) is 19.1. The van der Waals surface area contributed by atoms with E-state index < -0.39 is 5.67 Å². The Balaban J connectivity index is 0.00000272. The third-order valence-corrected chi connectivity index (χ3v) is 4.83. The molecule has 29 heavy (non-hydrogen) atoms.